The van der Waals surface area contributed by atoms with E-state index in [1.165, 1.54) is 12.1 Å². The molecule has 98 valence electrons. The van der Waals surface area contributed by atoms with Crippen molar-refractivity contribution in [2.45, 2.75) is 6.61 Å². The van der Waals surface area contributed by atoms with Gasteiger partial charge in [0.2, 0.25) is 0 Å². The van der Waals surface area contributed by atoms with E-state index in [1.807, 2.05) is 6.07 Å². The van der Waals surface area contributed by atoms with Crippen molar-refractivity contribution < 1.29 is 13.9 Å². The quantitative estimate of drug-likeness (QED) is 0.915. The molecule has 0 bridgehead atoms. The van der Waals surface area contributed by atoms with Crippen molar-refractivity contribution in [3.63, 3.8) is 0 Å². The molecule has 0 aliphatic rings. The first-order valence-electron chi connectivity index (χ1n) is 5.84. The maximum Gasteiger partial charge on any atom is 0.255 e. The minimum absolute atomic E-state index is 0.171. The van der Waals surface area contributed by atoms with Gasteiger partial charge < -0.3 is 10.1 Å². The van der Waals surface area contributed by atoms with Crippen molar-refractivity contribution >= 4 is 11.6 Å². The lowest BCUT2D eigenvalue weighted by molar-refractivity contribution is 0.102. The molecule has 0 atom stereocenters. The molecule has 0 fully saturated rings. The Kier molecular flexibility index (Phi) is 4.26. The van der Waals surface area contributed by atoms with Crippen LogP contribution in [0.3, 0.4) is 0 Å². The minimum atomic E-state index is -0.455. The zero-order valence-corrected chi connectivity index (χ0v) is 10.5. The molecule has 19 heavy (non-hydrogen) atoms. The Labute approximate surface area is 111 Å². The fourth-order valence-electron chi connectivity index (χ4n) is 1.73. The number of hydrogen-bond acceptors (Lipinski definition) is 2. The molecule has 0 aliphatic heterocycles. The molecular weight excluding hydrogens is 245 g/mol. The number of carbonyl (C=O) groups excluding carboxylic acids is 1. The normalized spacial score (nSPS) is 10.2. The molecule has 0 aromatic heterocycles. The maximum absolute atomic E-state index is 13.4. The Morgan fingerprint density at radius 3 is 2.74 bits per heavy atom. The van der Waals surface area contributed by atoms with Gasteiger partial charge in [0.1, 0.15) is 5.82 Å². The molecule has 0 heterocycles. The topological polar surface area (TPSA) is 38.3 Å². The summed E-state index contributed by atoms with van der Waals surface area (Å²) in [5, 5.41) is 2.54. The summed E-state index contributed by atoms with van der Waals surface area (Å²) in [6.45, 7) is 0.431. The summed E-state index contributed by atoms with van der Waals surface area (Å²) >= 11 is 0. The van der Waals surface area contributed by atoms with Crippen molar-refractivity contribution in [3.05, 3.63) is 65.5 Å². The van der Waals surface area contributed by atoms with Crippen molar-refractivity contribution in [2.24, 2.45) is 0 Å². The smallest absolute Gasteiger partial charge is 0.255 e. The maximum atomic E-state index is 13.4. The van der Waals surface area contributed by atoms with Crippen LogP contribution in [0.15, 0.2) is 48.5 Å². The fraction of sp³-hybridized carbons (Fsp3) is 0.133. The molecule has 1 N–H and O–H groups in total. The Morgan fingerprint density at radius 1 is 1.21 bits per heavy atom. The molecule has 4 heteroatoms. The second-order valence-electron chi connectivity index (χ2n) is 4.07. The van der Waals surface area contributed by atoms with Gasteiger partial charge >= 0.3 is 0 Å². The Balaban J connectivity index is 2.16. The van der Waals surface area contributed by atoms with Crippen molar-refractivity contribution in [2.75, 3.05) is 12.4 Å². The molecular formula is C15H14FNO2. The second-order valence-corrected chi connectivity index (χ2v) is 4.07. The van der Waals surface area contributed by atoms with E-state index >= 15 is 0 Å². The molecule has 0 spiro atoms. The van der Waals surface area contributed by atoms with Crippen molar-refractivity contribution in [1.82, 2.24) is 0 Å². The number of methoxy groups -OCH3 is 1. The number of carbonyl (C=O) groups is 1. The SMILES string of the molecule is COCc1cccc(C(=O)Nc2ccccc2F)c1. The van der Waals surface area contributed by atoms with Crippen LogP contribution in [-0.4, -0.2) is 13.0 Å². The molecule has 0 radical (unpaired) electrons. The van der Waals surface area contributed by atoms with E-state index < -0.39 is 5.82 Å². The number of amides is 1. The number of benzene rings is 2. The van der Waals surface area contributed by atoms with Gasteiger partial charge in [-0.25, -0.2) is 4.39 Å². The van der Waals surface area contributed by atoms with Gasteiger partial charge in [0.05, 0.1) is 12.3 Å². The summed E-state index contributed by atoms with van der Waals surface area (Å²) in [4.78, 5) is 12.0. The van der Waals surface area contributed by atoms with Gasteiger partial charge in [0, 0.05) is 12.7 Å². The molecule has 0 aliphatic carbocycles. The van der Waals surface area contributed by atoms with Gasteiger partial charge in [0.15, 0.2) is 0 Å². The average Bonchev–Trinajstić information content (AvgIpc) is 2.42. The van der Waals surface area contributed by atoms with Crippen LogP contribution in [0.5, 0.6) is 0 Å². The lowest BCUT2D eigenvalue weighted by Gasteiger charge is -2.07. The van der Waals surface area contributed by atoms with Gasteiger partial charge in [0.25, 0.3) is 5.91 Å². The Hall–Kier alpha value is -2.20. The summed E-state index contributed by atoms with van der Waals surface area (Å²) < 4.78 is 18.4. The van der Waals surface area contributed by atoms with Gasteiger partial charge in [-0.15, -0.1) is 0 Å². The van der Waals surface area contributed by atoms with Crippen LogP contribution in [0.1, 0.15) is 15.9 Å². The van der Waals surface area contributed by atoms with Crippen LogP contribution in [0.25, 0.3) is 0 Å². The van der Waals surface area contributed by atoms with Gasteiger partial charge in [-0.1, -0.05) is 24.3 Å². The second kappa shape index (κ2) is 6.11. The minimum Gasteiger partial charge on any atom is -0.380 e. The molecule has 2 aromatic rings. The van der Waals surface area contributed by atoms with Crippen LogP contribution < -0.4 is 5.32 Å². The number of anilines is 1. The molecule has 2 rings (SSSR count). The lowest BCUT2D eigenvalue weighted by Crippen LogP contribution is -2.13. The van der Waals surface area contributed by atoms with E-state index in [9.17, 15) is 9.18 Å². The summed E-state index contributed by atoms with van der Waals surface area (Å²) in [6, 6.07) is 13.1. The Bertz CT molecular complexity index is 584. The summed E-state index contributed by atoms with van der Waals surface area (Å²) in [5.41, 5.74) is 1.53. The largest absolute Gasteiger partial charge is 0.380 e. The summed E-state index contributed by atoms with van der Waals surface area (Å²) in [5.74, 6) is -0.799. The standard InChI is InChI=1S/C15H14FNO2/c1-19-10-11-5-4-6-12(9-11)15(18)17-14-8-3-2-7-13(14)16/h2-9H,10H2,1H3,(H,17,18). The van der Waals surface area contributed by atoms with E-state index in [4.69, 9.17) is 4.74 Å². The van der Waals surface area contributed by atoms with Crippen LogP contribution in [0.2, 0.25) is 0 Å². The van der Waals surface area contributed by atoms with E-state index in [0.717, 1.165) is 5.56 Å². The number of halogens is 1. The number of rotatable bonds is 4. The van der Waals surface area contributed by atoms with E-state index in [-0.39, 0.29) is 11.6 Å². The zero-order chi connectivity index (χ0) is 13.7. The van der Waals surface area contributed by atoms with Gasteiger partial charge in [-0.2, -0.15) is 0 Å². The third-order valence-corrected chi connectivity index (χ3v) is 2.62. The third kappa shape index (κ3) is 3.39. The highest BCUT2D eigenvalue weighted by molar-refractivity contribution is 6.04. The number of ether oxygens (including phenoxy) is 1. The molecule has 3 nitrogen and oxygen atoms in total. The van der Waals surface area contributed by atoms with Crippen LogP contribution in [-0.2, 0) is 11.3 Å². The molecule has 2 aromatic carbocycles. The lowest BCUT2D eigenvalue weighted by atomic mass is 10.1. The first-order chi connectivity index (χ1) is 9.20. The number of nitrogens with one attached hydrogen (secondary N) is 1. The van der Waals surface area contributed by atoms with E-state index in [1.54, 1.807) is 37.4 Å². The first kappa shape index (κ1) is 13.2. The zero-order valence-electron chi connectivity index (χ0n) is 10.5. The van der Waals surface area contributed by atoms with Crippen molar-refractivity contribution in [3.8, 4) is 0 Å². The van der Waals surface area contributed by atoms with E-state index in [0.29, 0.717) is 12.2 Å². The van der Waals surface area contributed by atoms with Crippen molar-refractivity contribution in [1.29, 1.82) is 0 Å². The predicted molar refractivity (Wildman–Crippen MR) is 71.5 cm³/mol. The third-order valence-electron chi connectivity index (χ3n) is 2.62. The average molecular weight is 259 g/mol. The Morgan fingerprint density at radius 2 is 2.00 bits per heavy atom. The monoisotopic (exact) mass is 259 g/mol. The van der Waals surface area contributed by atoms with Crippen LogP contribution >= 0.6 is 0 Å². The molecule has 1 amide bonds. The predicted octanol–water partition coefficient (Wildman–Crippen LogP) is 3.22. The van der Waals surface area contributed by atoms with Crippen LogP contribution in [0, 0.1) is 5.82 Å². The summed E-state index contributed by atoms with van der Waals surface area (Å²) in [7, 11) is 1.59. The summed E-state index contributed by atoms with van der Waals surface area (Å²) in [6.07, 6.45) is 0. The first-order valence-corrected chi connectivity index (χ1v) is 5.84. The molecule has 0 saturated carbocycles. The highest BCUT2D eigenvalue weighted by Gasteiger charge is 2.09. The van der Waals surface area contributed by atoms with Crippen LogP contribution in [0.4, 0.5) is 10.1 Å². The molecule has 0 unspecified atom stereocenters. The number of para-hydroxylation sites is 1. The highest BCUT2D eigenvalue weighted by Crippen LogP contribution is 2.14. The number of hydrogen-bond donors (Lipinski definition) is 1. The highest BCUT2D eigenvalue weighted by atomic mass is 19.1. The fourth-order valence-corrected chi connectivity index (χ4v) is 1.73. The van der Waals surface area contributed by atoms with Gasteiger partial charge in [-0.3, -0.25) is 4.79 Å². The molecule has 0 saturated heterocycles. The van der Waals surface area contributed by atoms with E-state index in [2.05, 4.69) is 5.32 Å². The van der Waals surface area contributed by atoms with Gasteiger partial charge in [-0.05, 0) is 29.8 Å².